The van der Waals surface area contributed by atoms with Gasteiger partial charge in [0.25, 0.3) is 0 Å². The van der Waals surface area contributed by atoms with Crippen molar-refractivity contribution in [2.75, 3.05) is 6.54 Å². The number of hydrogen-bond donors (Lipinski definition) is 1. The minimum Gasteiger partial charge on any atom is -0.313 e. The Kier molecular flexibility index (Phi) is 5.92. The Labute approximate surface area is 104 Å². The molecule has 1 rings (SSSR count). The number of halogens is 1. The fourth-order valence-electron chi connectivity index (χ4n) is 1.91. The normalized spacial score (nSPS) is 12.4. The van der Waals surface area contributed by atoms with Crippen LogP contribution in [0, 0.1) is 5.82 Å². The first kappa shape index (κ1) is 13.9. The Morgan fingerprint density at radius 3 is 2.71 bits per heavy atom. The van der Waals surface area contributed by atoms with Crippen molar-refractivity contribution in [3.05, 3.63) is 47.8 Å². The number of rotatable bonds is 7. The van der Waals surface area contributed by atoms with Crippen LogP contribution in [0.3, 0.4) is 0 Å². The molecule has 0 fully saturated rings. The molecule has 1 atom stereocenters. The van der Waals surface area contributed by atoms with Gasteiger partial charge >= 0.3 is 0 Å². The van der Waals surface area contributed by atoms with Crippen LogP contribution in [0.2, 0.25) is 0 Å². The monoisotopic (exact) mass is 235 g/mol. The van der Waals surface area contributed by atoms with Gasteiger partial charge in [0.15, 0.2) is 0 Å². The van der Waals surface area contributed by atoms with Gasteiger partial charge in [0.05, 0.1) is 0 Å². The van der Waals surface area contributed by atoms with Crippen molar-refractivity contribution in [3.63, 3.8) is 0 Å². The first-order valence-corrected chi connectivity index (χ1v) is 6.24. The first-order chi connectivity index (χ1) is 8.13. The summed E-state index contributed by atoms with van der Waals surface area (Å²) in [4.78, 5) is 0. The van der Waals surface area contributed by atoms with Crippen LogP contribution in [0.4, 0.5) is 4.39 Å². The van der Waals surface area contributed by atoms with E-state index in [1.165, 1.54) is 6.07 Å². The summed E-state index contributed by atoms with van der Waals surface area (Å²) in [6.07, 6.45) is 2.71. The van der Waals surface area contributed by atoms with Gasteiger partial charge in [-0.05, 0) is 44.4 Å². The zero-order valence-corrected chi connectivity index (χ0v) is 10.8. The van der Waals surface area contributed by atoms with Gasteiger partial charge in [-0.1, -0.05) is 30.7 Å². The molecule has 0 saturated carbocycles. The fraction of sp³-hybridized carbons (Fsp3) is 0.467. The second-order valence-corrected chi connectivity index (χ2v) is 4.61. The van der Waals surface area contributed by atoms with Crippen LogP contribution in [0.5, 0.6) is 0 Å². The second-order valence-electron chi connectivity index (χ2n) is 4.61. The van der Waals surface area contributed by atoms with E-state index in [1.54, 1.807) is 6.07 Å². The third-order valence-corrected chi connectivity index (χ3v) is 2.70. The molecule has 1 aromatic rings. The van der Waals surface area contributed by atoms with Crippen molar-refractivity contribution >= 4 is 0 Å². The average molecular weight is 235 g/mol. The third kappa shape index (κ3) is 5.14. The summed E-state index contributed by atoms with van der Waals surface area (Å²) < 4.78 is 13.6. The quantitative estimate of drug-likeness (QED) is 0.710. The fourth-order valence-corrected chi connectivity index (χ4v) is 1.91. The lowest BCUT2D eigenvalue weighted by molar-refractivity contribution is 0.491. The van der Waals surface area contributed by atoms with Crippen molar-refractivity contribution in [2.24, 2.45) is 0 Å². The Balaban J connectivity index is 2.64. The number of nitrogens with one attached hydrogen (secondary N) is 1. The second kappa shape index (κ2) is 7.23. The summed E-state index contributed by atoms with van der Waals surface area (Å²) in [7, 11) is 0. The zero-order valence-electron chi connectivity index (χ0n) is 10.8. The van der Waals surface area contributed by atoms with E-state index in [0.717, 1.165) is 36.9 Å². The summed E-state index contributed by atoms with van der Waals surface area (Å²) in [6.45, 7) is 9.05. The molecule has 0 saturated heterocycles. The summed E-state index contributed by atoms with van der Waals surface area (Å²) in [6, 6.07) is 7.27. The van der Waals surface area contributed by atoms with Gasteiger partial charge in [-0.3, -0.25) is 0 Å². The molecule has 0 heterocycles. The van der Waals surface area contributed by atoms with Crippen molar-refractivity contribution < 1.29 is 4.39 Å². The van der Waals surface area contributed by atoms with E-state index >= 15 is 0 Å². The summed E-state index contributed by atoms with van der Waals surface area (Å²) in [5, 5.41) is 3.45. The predicted molar refractivity (Wildman–Crippen MR) is 71.6 cm³/mol. The highest BCUT2D eigenvalue weighted by Gasteiger charge is 2.11. The highest BCUT2D eigenvalue weighted by molar-refractivity contribution is 5.19. The van der Waals surface area contributed by atoms with Crippen LogP contribution in [-0.2, 0) is 6.42 Å². The molecule has 0 bridgehead atoms. The molecule has 94 valence electrons. The highest BCUT2D eigenvalue weighted by Crippen LogP contribution is 2.13. The van der Waals surface area contributed by atoms with Crippen LogP contribution in [-0.4, -0.2) is 12.6 Å². The number of benzene rings is 1. The van der Waals surface area contributed by atoms with Crippen molar-refractivity contribution in [1.82, 2.24) is 5.32 Å². The summed E-state index contributed by atoms with van der Waals surface area (Å²) >= 11 is 0. The van der Waals surface area contributed by atoms with E-state index in [-0.39, 0.29) is 11.9 Å². The van der Waals surface area contributed by atoms with E-state index in [2.05, 4.69) is 18.8 Å². The van der Waals surface area contributed by atoms with E-state index in [9.17, 15) is 4.39 Å². The minimum absolute atomic E-state index is 0.113. The van der Waals surface area contributed by atoms with Crippen molar-refractivity contribution in [3.8, 4) is 0 Å². The van der Waals surface area contributed by atoms with E-state index < -0.39 is 0 Å². The largest absolute Gasteiger partial charge is 0.313 e. The molecule has 1 unspecified atom stereocenters. The van der Waals surface area contributed by atoms with E-state index in [4.69, 9.17) is 0 Å². The van der Waals surface area contributed by atoms with Gasteiger partial charge in [0.2, 0.25) is 0 Å². The van der Waals surface area contributed by atoms with Crippen LogP contribution < -0.4 is 5.32 Å². The minimum atomic E-state index is -0.113. The maximum atomic E-state index is 13.6. The van der Waals surface area contributed by atoms with Crippen LogP contribution in [0.25, 0.3) is 0 Å². The standard InChI is InChI=1S/C15H22FN/c1-4-9-17-14(10-12(2)3)11-13-7-5-6-8-15(13)16/h5-8,14,17H,2,4,9-11H2,1,3H3. The Hall–Kier alpha value is -1.15. The molecule has 1 nitrogen and oxygen atoms in total. The Morgan fingerprint density at radius 2 is 2.12 bits per heavy atom. The molecule has 0 aromatic heterocycles. The average Bonchev–Trinajstić information content (AvgIpc) is 2.28. The molecular formula is C15H22FN. The summed E-state index contributed by atoms with van der Waals surface area (Å²) in [5.74, 6) is -0.113. The Morgan fingerprint density at radius 1 is 1.41 bits per heavy atom. The van der Waals surface area contributed by atoms with Crippen molar-refractivity contribution in [2.45, 2.75) is 39.2 Å². The smallest absolute Gasteiger partial charge is 0.126 e. The summed E-state index contributed by atoms with van der Waals surface area (Å²) in [5.41, 5.74) is 1.91. The van der Waals surface area contributed by atoms with Crippen LogP contribution >= 0.6 is 0 Å². The van der Waals surface area contributed by atoms with E-state index in [0.29, 0.717) is 0 Å². The van der Waals surface area contributed by atoms with E-state index in [1.807, 2.05) is 19.1 Å². The molecule has 1 aromatic carbocycles. The van der Waals surface area contributed by atoms with Gasteiger partial charge < -0.3 is 5.32 Å². The van der Waals surface area contributed by atoms with Crippen LogP contribution in [0.15, 0.2) is 36.4 Å². The zero-order chi connectivity index (χ0) is 12.7. The SMILES string of the molecule is C=C(C)CC(Cc1ccccc1F)NCCC. The van der Waals surface area contributed by atoms with Gasteiger partial charge in [0, 0.05) is 6.04 Å². The molecule has 0 amide bonds. The first-order valence-electron chi connectivity index (χ1n) is 6.24. The topological polar surface area (TPSA) is 12.0 Å². The van der Waals surface area contributed by atoms with Gasteiger partial charge in [0.1, 0.15) is 5.82 Å². The molecule has 0 spiro atoms. The molecule has 0 aliphatic rings. The lowest BCUT2D eigenvalue weighted by Crippen LogP contribution is -2.32. The molecule has 17 heavy (non-hydrogen) atoms. The maximum absolute atomic E-state index is 13.6. The highest BCUT2D eigenvalue weighted by atomic mass is 19.1. The maximum Gasteiger partial charge on any atom is 0.126 e. The van der Waals surface area contributed by atoms with Gasteiger partial charge in [-0.15, -0.1) is 6.58 Å². The van der Waals surface area contributed by atoms with Gasteiger partial charge in [-0.25, -0.2) is 4.39 Å². The lowest BCUT2D eigenvalue weighted by Gasteiger charge is -2.19. The Bertz CT molecular complexity index is 360. The molecule has 0 radical (unpaired) electrons. The molecule has 1 N–H and O–H groups in total. The molecule has 2 heteroatoms. The molecule has 0 aliphatic carbocycles. The van der Waals surface area contributed by atoms with Crippen LogP contribution in [0.1, 0.15) is 32.3 Å². The van der Waals surface area contributed by atoms with Gasteiger partial charge in [-0.2, -0.15) is 0 Å². The predicted octanol–water partition coefficient (Wildman–Crippen LogP) is 3.70. The number of hydrogen-bond acceptors (Lipinski definition) is 1. The van der Waals surface area contributed by atoms with Crippen molar-refractivity contribution in [1.29, 1.82) is 0 Å². The lowest BCUT2D eigenvalue weighted by atomic mass is 10.00. The third-order valence-electron chi connectivity index (χ3n) is 2.70. The molecular weight excluding hydrogens is 213 g/mol. The molecule has 0 aliphatic heterocycles.